The molecule has 8 aromatic carbocycles. The maximum Gasteiger partial charge on any atom is 0.160 e. The number of nitrogens with zero attached hydrogens (tertiary/aromatic N) is 4. The molecule has 4 nitrogen and oxygen atoms in total. The zero-order valence-electron chi connectivity index (χ0n) is 34.1. The van der Waals surface area contributed by atoms with Crippen LogP contribution in [0.25, 0.3) is 100 Å². The summed E-state index contributed by atoms with van der Waals surface area (Å²) in [5, 5.41) is 5.02. The van der Waals surface area contributed by atoms with Crippen LogP contribution in [-0.4, -0.2) is 19.1 Å². The molecule has 11 rings (SSSR count). The lowest BCUT2D eigenvalue weighted by Crippen LogP contribution is -2.01. The maximum absolute atomic E-state index is 5.14. The number of aromatic nitrogens is 4. The van der Waals surface area contributed by atoms with Gasteiger partial charge in [0.2, 0.25) is 0 Å². The number of hydrogen-bond donors (Lipinski definition) is 0. The molecule has 0 atom stereocenters. The molecule has 0 amide bonds. The number of fused-ring (bicyclic) bond motifs is 6. The molecule has 0 fully saturated rings. The summed E-state index contributed by atoms with van der Waals surface area (Å²) < 4.78 is 4.87. The van der Waals surface area contributed by atoms with Crippen LogP contribution in [0.15, 0.2) is 182 Å². The third kappa shape index (κ3) is 5.75. The zero-order valence-corrected chi connectivity index (χ0v) is 34.1. The van der Waals surface area contributed by atoms with Crippen molar-refractivity contribution in [2.75, 3.05) is 0 Å². The predicted molar refractivity (Wildman–Crippen MR) is 251 cm³/mol. The van der Waals surface area contributed by atoms with E-state index in [0.29, 0.717) is 0 Å². The molecule has 0 aliphatic rings. The standard InChI is InChI=1S/C56H42N4/c1-35-15-5-7-17-43(35)50-34-49(57-56(58-50)44-18-8-6-16-36(44)2)40-27-25-39(26-28-40)41-31-37(3)55(38(4)32-41)60-53-24-14-11-21-47(53)48-33-42(29-30-54(48)60)59-51-22-12-9-19-45(51)46-20-10-13-23-52(46)59/h5-34H,1-4H3. The first-order valence-corrected chi connectivity index (χ1v) is 20.7. The Labute approximate surface area is 349 Å². The van der Waals surface area contributed by atoms with Gasteiger partial charge in [-0.3, -0.25) is 0 Å². The molecule has 60 heavy (non-hydrogen) atoms. The molecule has 0 saturated carbocycles. The van der Waals surface area contributed by atoms with E-state index < -0.39 is 0 Å². The van der Waals surface area contributed by atoms with E-state index in [-0.39, 0.29) is 0 Å². The fraction of sp³-hybridized carbons (Fsp3) is 0.0714. The molecule has 11 aromatic rings. The highest BCUT2D eigenvalue weighted by Gasteiger charge is 2.19. The minimum atomic E-state index is 0.739. The van der Waals surface area contributed by atoms with Gasteiger partial charge in [0.15, 0.2) is 5.82 Å². The highest BCUT2D eigenvalue weighted by atomic mass is 15.0. The summed E-state index contributed by atoms with van der Waals surface area (Å²) in [4.78, 5) is 10.2. The topological polar surface area (TPSA) is 35.6 Å². The van der Waals surface area contributed by atoms with Gasteiger partial charge in [0.25, 0.3) is 0 Å². The van der Waals surface area contributed by atoms with Crippen LogP contribution in [0.4, 0.5) is 0 Å². The summed E-state index contributed by atoms with van der Waals surface area (Å²) in [6.07, 6.45) is 0. The highest BCUT2D eigenvalue weighted by molar-refractivity contribution is 6.12. The Morgan fingerprint density at radius 1 is 0.333 bits per heavy atom. The Hall–Kier alpha value is -7.56. The number of benzene rings is 8. The Bertz CT molecular complexity index is 3330. The van der Waals surface area contributed by atoms with Gasteiger partial charge in [-0.25, -0.2) is 9.97 Å². The Kier molecular flexibility index (Phi) is 8.35. The molecule has 0 radical (unpaired) electrons. The maximum atomic E-state index is 5.14. The van der Waals surface area contributed by atoms with Crippen LogP contribution < -0.4 is 0 Å². The van der Waals surface area contributed by atoms with Gasteiger partial charge in [-0.05, 0) is 116 Å². The molecule has 3 aromatic heterocycles. The van der Waals surface area contributed by atoms with Crippen LogP contribution in [0, 0.1) is 27.7 Å². The molecule has 0 N–H and O–H groups in total. The fourth-order valence-corrected chi connectivity index (χ4v) is 9.39. The fourth-order valence-electron chi connectivity index (χ4n) is 9.39. The van der Waals surface area contributed by atoms with Gasteiger partial charge in [-0.15, -0.1) is 0 Å². The summed E-state index contributed by atoms with van der Waals surface area (Å²) >= 11 is 0. The van der Waals surface area contributed by atoms with Crippen LogP contribution in [0.1, 0.15) is 22.3 Å². The third-order valence-electron chi connectivity index (χ3n) is 12.3. The van der Waals surface area contributed by atoms with Crippen molar-refractivity contribution < 1.29 is 0 Å². The number of rotatable bonds is 6. The molecule has 0 spiro atoms. The highest BCUT2D eigenvalue weighted by Crippen LogP contribution is 2.39. The monoisotopic (exact) mass is 770 g/mol. The molecular formula is C56H42N4. The van der Waals surface area contributed by atoms with E-state index in [4.69, 9.17) is 9.97 Å². The van der Waals surface area contributed by atoms with Crippen molar-refractivity contribution in [1.29, 1.82) is 0 Å². The van der Waals surface area contributed by atoms with Crippen molar-refractivity contribution in [2.24, 2.45) is 0 Å². The molecule has 0 bridgehead atoms. The van der Waals surface area contributed by atoms with Crippen LogP contribution in [0.2, 0.25) is 0 Å². The summed E-state index contributed by atoms with van der Waals surface area (Å²) in [6.45, 7) is 8.75. The van der Waals surface area contributed by atoms with Crippen LogP contribution in [-0.2, 0) is 0 Å². The quantitative estimate of drug-likeness (QED) is 0.169. The number of para-hydroxylation sites is 3. The smallest absolute Gasteiger partial charge is 0.160 e. The Morgan fingerprint density at radius 2 is 0.817 bits per heavy atom. The predicted octanol–water partition coefficient (Wildman–Crippen LogP) is 14.6. The molecule has 0 aliphatic heterocycles. The van der Waals surface area contributed by atoms with Crippen LogP contribution in [0.5, 0.6) is 0 Å². The van der Waals surface area contributed by atoms with Crippen LogP contribution in [0.3, 0.4) is 0 Å². The van der Waals surface area contributed by atoms with Gasteiger partial charge in [-0.1, -0.05) is 127 Å². The summed E-state index contributed by atoms with van der Waals surface area (Å²) in [6, 6.07) is 65.6. The SMILES string of the molecule is Cc1ccccc1-c1cc(-c2ccc(-c3cc(C)c(-n4c5ccccc5c5cc(-n6c7ccccc7c7ccccc76)ccc54)c(C)c3)cc2)nc(-c2ccccc2C)n1. The molecule has 0 unspecified atom stereocenters. The second-order valence-electron chi connectivity index (χ2n) is 16.1. The van der Waals surface area contributed by atoms with E-state index in [0.717, 1.165) is 45.2 Å². The average molecular weight is 771 g/mol. The van der Waals surface area contributed by atoms with Gasteiger partial charge in [0.1, 0.15) is 0 Å². The van der Waals surface area contributed by atoms with Crippen molar-refractivity contribution in [3.05, 3.63) is 204 Å². The average Bonchev–Trinajstić information content (AvgIpc) is 3.79. The van der Waals surface area contributed by atoms with Crippen molar-refractivity contribution in [1.82, 2.24) is 19.1 Å². The normalized spacial score (nSPS) is 11.7. The third-order valence-corrected chi connectivity index (χ3v) is 12.3. The van der Waals surface area contributed by atoms with Gasteiger partial charge in [0.05, 0.1) is 39.1 Å². The molecule has 3 heterocycles. The first-order chi connectivity index (χ1) is 29.4. The van der Waals surface area contributed by atoms with Crippen molar-refractivity contribution in [3.63, 3.8) is 0 Å². The first kappa shape index (κ1) is 35.6. The van der Waals surface area contributed by atoms with Crippen molar-refractivity contribution >= 4 is 43.6 Å². The van der Waals surface area contributed by atoms with E-state index >= 15 is 0 Å². The van der Waals surface area contributed by atoms with Gasteiger partial charge < -0.3 is 9.13 Å². The number of aryl methyl sites for hydroxylation is 4. The van der Waals surface area contributed by atoms with Gasteiger partial charge >= 0.3 is 0 Å². The van der Waals surface area contributed by atoms with E-state index in [2.05, 4.69) is 219 Å². The molecular weight excluding hydrogens is 729 g/mol. The lowest BCUT2D eigenvalue weighted by atomic mass is 9.97. The number of hydrogen-bond acceptors (Lipinski definition) is 2. The van der Waals surface area contributed by atoms with E-state index in [1.165, 1.54) is 77.1 Å². The lowest BCUT2D eigenvalue weighted by molar-refractivity contribution is 1.12. The Balaban J connectivity index is 0.991. The summed E-state index contributed by atoms with van der Waals surface area (Å²) in [5.74, 6) is 0.739. The minimum absolute atomic E-state index is 0.739. The van der Waals surface area contributed by atoms with Crippen molar-refractivity contribution in [2.45, 2.75) is 27.7 Å². The van der Waals surface area contributed by atoms with E-state index in [1.807, 2.05) is 0 Å². The molecule has 4 heteroatoms. The van der Waals surface area contributed by atoms with Crippen LogP contribution >= 0.6 is 0 Å². The molecule has 0 saturated heterocycles. The lowest BCUT2D eigenvalue weighted by Gasteiger charge is -2.17. The van der Waals surface area contributed by atoms with E-state index in [1.54, 1.807) is 0 Å². The first-order valence-electron chi connectivity index (χ1n) is 20.7. The summed E-state index contributed by atoms with van der Waals surface area (Å²) in [7, 11) is 0. The van der Waals surface area contributed by atoms with E-state index in [9.17, 15) is 0 Å². The van der Waals surface area contributed by atoms with Gasteiger partial charge in [0, 0.05) is 43.9 Å². The molecule has 0 aliphatic carbocycles. The zero-order chi connectivity index (χ0) is 40.5. The summed E-state index contributed by atoms with van der Waals surface area (Å²) in [5.41, 5.74) is 19.4. The van der Waals surface area contributed by atoms with Gasteiger partial charge in [-0.2, -0.15) is 0 Å². The Morgan fingerprint density at radius 3 is 1.43 bits per heavy atom. The van der Waals surface area contributed by atoms with Crippen molar-refractivity contribution in [3.8, 4) is 56.4 Å². The largest absolute Gasteiger partial charge is 0.309 e. The second kappa shape index (κ2) is 14.1. The molecule has 286 valence electrons. The minimum Gasteiger partial charge on any atom is -0.309 e. The second-order valence-corrected chi connectivity index (χ2v) is 16.1.